The minimum Gasteiger partial charge on any atom is -0.341 e. The van der Waals surface area contributed by atoms with E-state index in [-0.39, 0.29) is 0 Å². The molecule has 2 atom stereocenters. The number of nitrogens with two attached hydrogens (primary N) is 1. The highest BCUT2D eigenvalue weighted by Gasteiger charge is 2.30. The van der Waals surface area contributed by atoms with Crippen LogP contribution in [0.4, 0.5) is 5.95 Å². The lowest BCUT2D eigenvalue weighted by Gasteiger charge is -2.29. The van der Waals surface area contributed by atoms with Crippen molar-refractivity contribution < 1.29 is 0 Å². The molecule has 4 nitrogen and oxygen atoms in total. The van der Waals surface area contributed by atoms with Gasteiger partial charge in [-0.05, 0) is 38.3 Å². The maximum absolute atomic E-state index is 5.80. The van der Waals surface area contributed by atoms with E-state index in [1.165, 1.54) is 19.3 Å². The van der Waals surface area contributed by atoms with Crippen LogP contribution in [-0.4, -0.2) is 29.6 Å². The molecule has 1 aromatic rings. The van der Waals surface area contributed by atoms with Crippen LogP contribution in [0, 0.1) is 12.8 Å². The van der Waals surface area contributed by atoms with Gasteiger partial charge in [-0.15, -0.1) is 0 Å². The fourth-order valence-electron chi connectivity index (χ4n) is 2.56. The predicted octanol–water partition coefficient (Wildman–Crippen LogP) is 1.35. The predicted molar refractivity (Wildman–Crippen MR) is 65.4 cm³/mol. The number of hydrogen-bond acceptors (Lipinski definition) is 4. The Morgan fingerprint density at radius 2 is 2.31 bits per heavy atom. The van der Waals surface area contributed by atoms with Crippen LogP contribution in [-0.2, 0) is 0 Å². The molecule has 16 heavy (non-hydrogen) atoms. The van der Waals surface area contributed by atoms with E-state index in [9.17, 15) is 0 Å². The van der Waals surface area contributed by atoms with Crippen LogP contribution in [0.1, 0.15) is 25.0 Å². The van der Waals surface area contributed by atoms with E-state index in [1.54, 1.807) is 0 Å². The number of aryl methyl sites for hydroxylation is 1. The van der Waals surface area contributed by atoms with Gasteiger partial charge >= 0.3 is 0 Å². The summed E-state index contributed by atoms with van der Waals surface area (Å²) in [6.45, 7) is 2.76. The van der Waals surface area contributed by atoms with E-state index >= 15 is 0 Å². The van der Waals surface area contributed by atoms with Gasteiger partial charge in [-0.2, -0.15) is 0 Å². The Bertz CT molecular complexity index is 353. The first-order valence-electron chi connectivity index (χ1n) is 5.95. The van der Waals surface area contributed by atoms with Crippen molar-refractivity contribution in [1.82, 2.24) is 9.97 Å². The van der Waals surface area contributed by atoms with Crippen molar-refractivity contribution in [2.24, 2.45) is 11.7 Å². The molecule has 0 amide bonds. The number of rotatable bonds is 3. The summed E-state index contributed by atoms with van der Waals surface area (Å²) in [4.78, 5) is 11.0. The van der Waals surface area contributed by atoms with Gasteiger partial charge in [-0.25, -0.2) is 9.97 Å². The highest BCUT2D eigenvalue weighted by molar-refractivity contribution is 5.31. The topological polar surface area (TPSA) is 55.0 Å². The van der Waals surface area contributed by atoms with Crippen molar-refractivity contribution in [3.05, 3.63) is 18.0 Å². The summed E-state index contributed by atoms with van der Waals surface area (Å²) in [6, 6.07) is 2.43. The minimum absolute atomic E-state index is 0.506. The fraction of sp³-hybridized carbons (Fsp3) is 0.667. The maximum Gasteiger partial charge on any atom is 0.225 e. The second kappa shape index (κ2) is 4.78. The van der Waals surface area contributed by atoms with E-state index in [0.29, 0.717) is 12.0 Å². The zero-order chi connectivity index (χ0) is 11.5. The van der Waals surface area contributed by atoms with E-state index < -0.39 is 0 Å². The van der Waals surface area contributed by atoms with E-state index in [1.807, 2.05) is 19.2 Å². The summed E-state index contributed by atoms with van der Waals surface area (Å²) < 4.78 is 0. The van der Waals surface area contributed by atoms with Crippen molar-refractivity contribution >= 4 is 5.95 Å². The molecule has 1 saturated carbocycles. The van der Waals surface area contributed by atoms with Gasteiger partial charge in [0.05, 0.1) is 0 Å². The van der Waals surface area contributed by atoms with Crippen molar-refractivity contribution in [1.29, 1.82) is 0 Å². The van der Waals surface area contributed by atoms with Gasteiger partial charge in [-0.1, -0.05) is 6.42 Å². The van der Waals surface area contributed by atoms with Gasteiger partial charge in [0.15, 0.2) is 0 Å². The van der Waals surface area contributed by atoms with Gasteiger partial charge in [0.25, 0.3) is 0 Å². The Balaban J connectivity index is 2.15. The second-order valence-corrected chi connectivity index (χ2v) is 4.60. The number of nitrogens with zero attached hydrogens (tertiary/aromatic N) is 3. The molecule has 2 N–H and O–H groups in total. The van der Waals surface area contributed by atoms with Gasteiger partial charge in [0, 0.05) is 25.0 Å². The fourth-order valence-corrected chi connectivity index (χ4v) is 2.56. The van der Waals surface area contributed by atoms with Gasteiger partial charge in [0.1, 0.15) is 0 Å². The summed E-state index contributed by atoms with van der Waals surface area (Å²) in [6.07, 6.45) is 5.52. The average molecular weight is 220 g/mol. The first kappa shape index (κ1) is 11.3. The molecule has 0 aliphatic heterocycles. The van der Waals surface area contributed by atoms with Crippen molar-refractivity contribution in [3.63, 3.8) is 0 Å². The Morgan fingerprint density at radius 1 is 1.50 bits per heavy atom. The molecule has 2 unspecified atom stereocenters. The third kappa shape index (κ3) is 2.16. The molecule has 4 heteroatoms. The Kier molecular flexibility index (Phi) is 3.39. The molecule has 1 aliphatic rings. The summed E-state index contributed by atoms with van der Waals surface area (Å²) in [5.74, 6) is 1.42. The molecular formula is C12H20N4. The number of anilines is 1. The molecule has 2 rings (SSSR count). The molecule has 1 aromatic heterocycles. The number of aromatic nitrogens is 2. The lowest BCUT2D eigenvalue weighted by atomic mass is 10.0. The molecule has 0 spiro atoms. The Labute approximate surface area is 96.9 Å². The molecule has 0 bridgehead atoms. The molecule has 0 radical (unpaired) electrons. The van der Waals surface area contributed by atoms with Crippen LogP contribution in [0.2, 0.25) is 0 Å². The Hall–Kier alpha value is -1.16. The second-order valence-electron chi connectivity index (χ2n) is 4.60. The van der Waals surface area contributed by atoms with Crippen LogP contribution < -0.4 is 10.6 Å². The quantitative estimate of drug-likeness (QED) is 0.835. The van der Waals surface area contributed by atoms with E-state index in [0.717, 1.165) is 18.2 Å². The lowest BCUT2D eigenvalue weighted by Crippen LogP contribution is -2.38. The normalized spacial score (nSPS) is 24.7. The molecule has 88 valence electrons. The zero-order valence-electron chi connectivity index (χ0n) is 10.1. The van der Waals surface area contributed by atoms with Crippen LogP contribution in [0.15, 0.2) is 12.3 Å². The first-order chi connectivity index (χ1) is 7.72. The standard InChI is InChI=1S/C12H20N4/c1-9-6-7-14-12(15-9)16(2)11-5-3-4-10(11)8-13/h6-7,10-11H,3-5,8,13H2,1-2H3. The largest absolute Gasteiger partial charge is 0.341 e. The van der Waals surface area contributed by atoms with Crippen LogP contribution in [0.5, 0.6) is 0 Å². The molecule has 1 aliphatic carbocycles. The molecule has 1 fully saturated rings. The summed E-state index contributed by atoms with van der Waals surface area (Å²) in [7, 11) is 2.08. The minimum atomic E-state index is 0.506. The van der Waals surface area contributed by atoms with Gasteiger partial charge in [0.2, 0.25) is 5.95 Å². The summed E-state index contributed by atoms with van der Waals surface area (Å²) in [5.41, 5.74) is 6.82. The van der Waals surface area contributed by atoms with E-state index in [2.05, 4.69) is 21.9 Å². The zero-order valence-corrected chi connectivity index (χ0v) is 10.1. The Morgan fingerprint density at radius 3 is 3.00 bits per heavy atom. The third-order valence-corrected chi connectivity index (χ3v) is 3.52. The van der Waals surface area contributed by atoms with Gasteiger partial charge in [-0.3, -0.25) is 0 Å². The summed E-state index contributed by atoms with van der Waals surface area (Å²) in [5, 5.41) is 0. The van der Waals surface area contributed by atoms with Crippen molar-refractivity contribution in [2.75, 3.05) is 18.5 Å². The average Bonchev–Trinajstić information content (AvgIpc) is 2.76. The molecular weight excluding hydrogens is 200 g/mol. The summed E-state index contributed by atoms with van der Waals surface area (Å²) >= 11 is 0. The lowest BCUT2D eigenvalue weighted by molar-refractivity contribution is 0.469. The van der Waals surface area contributed by atoms with Crippen LogP contribution in [0.3, 0.4) is 0 Å². The van der Waals surface area contributed by atoms with Crippen LogP contribution >= 0.6 is 0 Å². The van der Waals surface area contributed by atoms with Gasteiger partial charge < -0.3 is 10.6 Å². The van der Waals surface area contributed by atoms with Crippen molar-refractivity contribution in [3.8, 4) is 0 Å². The molecule has 1 heterocycles. The van der Waals surface area contributed by atoms with E-state index in [4.69, 9.17) is 5.73 Å². The highest BCUT2D eigenvalue weighted by Crippen LogP contribution is 2.30. The van der Waals surface area contributed by atoms with Crippen LogP contribution in [0.25, 0.3) is 0 Å². The molecule has 0 aromatic carbocycles. The highest BCUT2D eigenvalue weighted by atomic mass is 15.3. The molecule has 0 saturated heterocycles. The van der Waals surface area contributed by atoms with Crippen molar-refractivity contribution in [2.45, 2.75) is 32.2 Å². The maximum atomic E-state index is 5.80. The SMILES string of the molecule is Cc1ccnc(N(C)C2CCCC2CN)n1. The first-order valence-corrected chi connectivity index (χ1v) is 5.95. The smallest absolute Gasteiger partial charge is 0.225 e. The number of hydrogen-bond donors (Lipinski definition) is 1. The third-order valence-electron chi connectivity index (χ3n) is 3.52. The monoisotopic (exact) mass is 220 g/mol.